The summed E-state index contributed by atoms with van der Waals surface area (Å²) in [5.74, 6) is -0.606. The summed E-state index contributed by atoms with van der Waals surface area (Å²) in [7, 11) is 1.71. The minimum atomic E-state index is -0.825. The van der Waals surface area contributed by atoms with Gasteiger partial charge in [-0.25, -0.2) is 4.79 Å². The maximum Gasteiger partial charge on any atom is 0.332 e. The summed E-state index contributed by atoms with van der Waals surface area (Å²) in [6, 6.07) is 0.921. The first-order valence-corrected chi connectivity index (χ1v) is 8.26. The van der Waals surface area contributed by atoms with Gasteiger partial charge in [0, 0.05) is 7.05 Å². The molecule has 134 valence electrons. The van der Waals surface area contributed by atoms with Gasteiger partial charge in [0.05, 0.1) is 12.3 Å². The van der Waals surface area contributed by atoms with E-state index in [1.54, 1.807) is 26.1 Å². The lowest BCUT2D eigenvalue weighted by Gasteiger charge is -2.17. The van der Waals surface area contributed by atoms with Gasteiger partial charge in [0.25, 0.3) is 5.91 Å². The number of rotatable bonds is 6. The van der Waals surface area contributed by atoms with E-state index in [0.717, 1.165) is 5.69 Å². The molecule has 1 heterocycles. The van der Waals surface area contributed by atoms with E-state index in [0.29, 0.717) is 5.69 Å². The van der Waals surface area contributed by atoms with Gasteiger partial charge in [-0.2, -0.15) is 5.10 Å². The van der Waals surface area contributed by atoms with Crippen molar-refractivity contribution in [1.82, 2.24) is 15.1 Å². The Kier molecular flexibility index (Phi) is 6.75. The van der Waals surface area contributed by atoms with E-state index in [1.165, 1.54) is 4.68 Å². The molecule has 0 saturated heterocycles. The Morgan fingerprint density at radius 2 is 2.00 bits per heavy atom. The summed E-state index contributed by atoms with van der Waals surface area (Å²) in [6.45, 7) is 12.1. The Morgan fingerprint density at radius 1 is 1.38 bits per heavy atom. The summed E-state index contributed by atoms with van der Waals surface area (Å²) in [5, 5.41) is 7.05. The number of nitrogens with zero attached hydrogens (tertiary/aromatic N) is 2. The molecule has 6 nitrogen and oxygen atoms in total. The van der Waals surface area contributed by atoms with Crippen LogP contribution in [0.5, 0.6) is 0 Å². The van der Waals surface area contributed by atoms with E-state index in [-0.39, 0.29) is 23.8 Å². The standard InChI is InChI=1S/C18H29N3O3/c1-8-24-17(23)13(9-10-18(4,5)6)19-16(22)15-11-14(12(2)3)20-21(15)7/h9-13H,8H2,1-7H3,(H,19,22). The van der Waals surface area contributed by atoms with Crippen LogP contribution in [0.1, 0.15) is 63.6 Å². The van der Waals surface area contributed by atoms with Gasteiger partial charge < -0.3 is 10.1 Å². The number of amides is 1. The number of aryl methyl sites for hydroxylation is 1. The van der Waals surface area contributed by atoms with Crippen LogP contribution < -0.4 is 5.32 Å². The molecule has 1 aromatic rings. The molecule has 24 heavy (non-hydrogen) atoms. The van der Waals surface area contributed by atoms with Gasteiger partial charge in [0.1, 0.15) is 11.7 Å². The zero-order valence-corrected chi connectivity index (χ0v) is 15.7. The number of carbonyl (C=O) groups is 2. The highest BCUT2D eigenvalue weighted by molar-refractivity contribution is 5.96. The highest BCUT2D eigenvalue weighted by Gasteiger charge is 2.23. The van der Waals surface area contributed by atoms with Crippen LogP contribution in [0, 0.1) is 5.41 Å². The maximum absolute atomic E-state index is 12.5. The second-order valence-corrected chi connectivity index (χ2v) is 7.16. The number of esters is 1. The molecule has 0 aromatic carbocycles. The number of allylic oxidation sites excluding steroid dienone is 1. The van der Waals surface area contributed by atoms with Gasteiger partial charge >= 0.3 is 5.97 Å². The Hall–Kier alpha value is -2.11. The molecule has 1 amide bonds. The van der Waals surface area contributed by atoms with Crippen LogP contribution in [0.15, 0.2) is 18.2 Å². The molecule has 6 heteroatoms. The molecule has 1 rings (SSSR count). The molecule has 0 aliphatic rings. The van der Waals surface area contributed by atoms with Gasteiger partial charge in [-0.3, -0.25) is 9.48 Å². The summed E-state index contributed by atoms with van der Waals surface area (Å²) in [4.78, 5) is 24.6. The van der Waals surface area contributed by atoms with E-state index >= 15 is 0 Å². The predicted molar refractivity (Wildman–Crippen MR) is 93.8 cm³/mol. The molecule has 0 aliphatic heterocycles. The van der Waals surface area contributed by atoms with Crippen molar-refractivity contribution in [2.24, 2.45) is 12.5 Å². The molecule has 1 atom stereocenters. The zero-order valence-electron chi connectivity index (χ0n) is 15.7. The Balaban J connectivity index is 2.98. The van der Waals surface area contributed by atoms with Crippen molar-refractivity contribution >= 4 is 11.9 Å². The summed E-state index contributed by atoms with van der Waals surface area (Å²) >= 11 is 0. The quantitative estimate of drug-likeness (QED) is 0.641. The third-order valence-corrected chi connectivity index (χ3v) is 3.34. The van der Waals surface area contributed by atoms with E-state index < -0.39 is 12.0 Å². The topological polar surface area (TPSA) is 73.2 Å². The average molecular weight is 335 g/mol. The lowest BCUT2D eigenvalue weighted by Crippen LogP contribution is -2.41. The molecule has 1 N–H and O–H groups in total. The summed E-state index contributed by atoms with van der Waals surface area (Å²) in [6.07, 6.45) is 3.56. The fourth-order valence-electron chi connectivity index (χ4n) is 2.00. The highest BCUT2D eigenvalue weighted by Crippen LogP contribution is 2.16. The van der Waals surface area contributed by atoms with Gasteiger partial charge in [0.2, 0.25) is 0 Å². The van der Waals surface area contributed by atoms with Crippen molar-refractivity contribution in [3.8, 4) is 0 Å². The van der Waals surface area contributed by atoms with E-state index in [2.05, 4.69) is 10.4 Å². The zero-order chi connectivity index (χ0) is 18.5. The molecule has 0 fully saturated rings. The van der Waals surface area contributed by atoms with Gasteiger partial charge in [0.15, 0.2) is 0 Å². The normalized spacial score (nSPS) is 13.3. The van der Waals surface area contributed by atoms with Gasteiger partial charge in [-0.05, 0) is 24.3 Å². The number of nitrogens with one attached hydrogen (secondary N) is 1. The second-order valence-electron chi connectivity index (χ2n) is 7.16. The summed E-state index contributed by atoms with van der Waals surface area (Å²) in [5.41, 5.74) is 1.14. The molecule has 0 aliphatic carbocycles. The molecular formula is C18H29N3O3. The molecule has 0 bridgehead atoms. The maximum atomic E-state index is 12.5. The number of carbonyl (C=O) groups excluding carboxylic acids is 2. The van der Waals surface area contributed by atoms with Crippen molar-refractivity contribution in [3.63, 3.8) is 0 Å². The first kappa shape index (κ1) is 19.9. The van der Waals surface area contributed by atoms with Crippen molar-refractivity contribution < 1.29 is 14.3 Å². The number of hydrogen-bond acceptors (Lipinski definition) is 4. The second kappa shape index (κ2) is 8.13. The van der Waals surface area contributed by atoms with Crippen LogP contribution in [0.3, 0.4) is 0 Å². The monoisotopic (exact) mass is 335 g/mol. The van der Waals surface area contributed by atoms with Crippen LogP contribution in [-0.4, -0.2) is 34.3 Å². The predicted octanol–water partition coefficient (Wildman–Crippen LogP) is 2.81. The van der Waals surface area contributed by atoms with Crippen LogP contribution in [0.2, 0.25) is 0 Å². The third-order valence-electron chi connectivity index (χ3n) is 3.34. The van der Waals surface area contributed by atoms with Crippen molar-refractivity contribution in [1.29, 1.82) is 0 Å². The molecule has 1 unspecified atom stereocenters. The van der Waals surface area contributed by atoms with Crippen molar-refractivity contribution in [2.45, 2.75) is 53.5 Å². The number of hydrogen-bond donors (Lipinski definition) is 1. The lowest BCUT2D eigenvalue weighted by atomic mass is 9.95. The Bertz CT molecular complexity index is 610. The first-order chi connectivity index (χ1) is 11.0. The number of aromatic nitrogens is 2. The molecule has 0 spiro atoms. The lowest BCUT2D eigenvalue weighted by molar-refractivity contribution is -0.144. The van der Waals surface area contributed by atoms with Crippen LogP contribution in [0.4, 0.5) is 0 Å². The van der Waals surface area contributed by atoms with Gasteiger partial charge in [-0.1, -0.05) is 46.8 Å². The minimum Gasteiger partial charge on any atom is -0.464 e. The number of ether oxygens (including phenoxy) is 1. The smallest absolute Gasteiger partial charge is 0.332 e. The van der Waals surface area contributed by atoms with Crippen LogP contribution >= 0.6 is 0 Å². The van der Waals surface area contributed by atoms with Gasteiger partial charge in [-0.15, -0.1) is 0 Å². The fraction of sp³-hybridized carbons (Fsp3) is 0.611. The van der Waals surface area contributed by atoms with Crippen LogP contribution in [-0.2, 0) is 16.6 Å². The fourth-order valence-corrected chi connectivity index (χ4v) is 2.00. The largest absolute Gasteiger partial charge is 0.464 e. The SMILES string of the molecule is CCOC(=O)C(C=CC(C)(C)C)NC(=O)c1cc(C(C)C)nn1C. The molecule has 1 aromatic heterocycles. The highest BCUT2D eigenvalue weighted by atomic mass is 16.5. The molecular weight excluding hydrogens is 306 g/mol. The van der Waals surface area contributed by atoms with Crippen LogP contribution in [0.25, 0.3) is 0 Å². The molecule has 0 radical (unpaired) electrons. The Morgan fingerprint density at radius 3 is 2.46 bits per heavy atom. The third kappa shape index (κ3) is 5.83. The summed E-state index contributed by atoms with van der Waals surface area (Å²) < 4.78 is 6.58. The first-order valence-electron chi connectivity index (χ1n) is 8.26. The average Bonchev–Trinajstić information content (AvgIpc) is 2.84. The van der Waals surface area contributed by atoms with Crippen molar-refractivity contribution in [3.05, 3.63) is 29.6 Å². The van der Waals surface area contributed by atoms with E-state index in [9.17, 15) is 9.59 Å². The van der Waals surface area contributed by atoms with E-state index in [1.807, 2.05) is 40.7 Å². The molecule has 0 saturated carbocycles. The van der Waals surface area contributed by atoms with Crippen molar-refractivity contribution in [2.75, 3.05) is 6.61 Å². The Labute approximate surface area is 144 Å². The van der Waals surface area contributed by atoms with E-state index in [4.69, 9.17) is 4.74 Å². The minimum absolute atomic E-state index is 0.104.